The Morgan fingerprint density at radius 1 is 0.449 bits per heavy atom. The van der Waals surface area contributed by atoms with Crippen molar-refractivity contribution in [2.24, 2.45) is 0 Å². The molecule has 3 N–H and O–H groups in total. The monoisotopic (exact) mass is 1110 g/mol. The summed E-state index contributed by atoms with van der Waals surface area (Å²) in [6.07, 6.45) is 85.3. The highest BCUT2D eigenvalue weighted by atomic mass is 31.2. The summed E-state index contributed by atoms with van der Waals surface area (Å²) >= 11 is 0. The van der Waals surface area contributed by atoms with E-state index in [1.54, 1.807) is 6.08 Å². The first-order chi connectivity index (χ1) is 38.0. The third-order valence-electron chi connectivity index (χ3n) is 14.3. The van der Waals surface area contributed by atoms with Crippen molar-refractivity contribution >= 4 is 13.7 Å². The van der Waals surface area contributed by atoms with Gasteiger partial charge in [-0.05, 0) is 77.0 Å². The first kappa shape index (κ1) is 75.4. The predicted octanol–water partition coefficient (Wildman–Crippen LogP) is 20.5. The number of carbonyl (C=O) groups is 1. The lowest BCUT2D eigenvalue weighted by Gasteiger charge is -2.25. The molecule has 1 amide bonds. The number of aliphatic hydroxyl groups excluding tert-OH is 1. The minimum absolute atomic E-state index is 0.0547. The van der Waals surface area contributed by atoms with E-state index < -0.39 is 20.0 Å². The molecule has 0 aromatic carbocycles. The van der Waals surface area contributed by atoms with Crippen molar-refractivity contribution in [2.75, 3.05) is 40.9 Å². The summed E-state index contributed by atoms with van der Waals surface area (Å²) in [5.74, 6) is -0.189. The molecule has 0 aliphatic carbocycles. The Kier molecular flexibility index (Phi) is 57.1. The summed E-state index contributed by atoms with van der Waals surface area (Å²) in [6, 6.07) is -0.861. The van der Waals surface area contributed by atoms with Gasteiger partial charge in [0.2, 0.25) is 5.91 Å². The number of unbranched alkanes of at least 4 members (excludes halogenated alkanes) is 32. The number of hydrogen-bond donors (Lipinski definition) is 3. The number of rotatable bonds is 59. The van der Waals surface area contributed by atoms with E-state index in [4.69, 9.17) is 9.05 Å². The molecule has 0 bridgehead atoms. The number of nitrogens with zero attached hydrogens (tertiary/aromatic N) is 1. The summed E-state index contributed by atoms with van der Waals surface area (Å²) in [7, 11) is 1.56. The molecule has 0 saturated heterocycles. The van der Waals surface area contributed by atoms with Gasteiger partial charge in [0.05, 0.1) is 39.9 Å². The molecule has 0 aliphatic rings. The van der Waals surface area contributed by atoms with Crippen LogP contribution in [0.5, 0.6) is 0 Å². The molecule has 0 saturated carbocycles. The Labute approximate surface area is 483 Å². The predicted molar refractivity (Wildman–Crippen MR) is 341 cm³/mol. The maximum atomic E-state index is 13.0. The summed E-state index contributed by atoms with van der Waals surface area (Å²) in [5, 5.41) is 14.0. The van der Waals surface area contributed by atoms with E-state index in [-0.39, 0.29) is 19.1 Å². The number of nitrogens with one attached hydrogen (secondary N) is 1. The van der Waals surface area contributed by atoms with Gasteiger partial charge in [0.25, 0.3) is 0 Å². The Bertz CT molecular complexity index is 1590. The highest BCUT2D eigenvalue weighted by molar-refractivity contribution is 7.47. The largest absolute Gasteiger partial charge is 0.472 e. The highest BCUT2D eigenvalue weighted by Crippen LogP contribution is 2.43. The quantitative estimate of drug-likeness (QED) is 0.0243. The van der Waals surface area contributed by atoms with Gasteiger partial charge in [-0.1, -0.05) is 297 Å². The van der Waals surface area contributed by atoms with E-state index in [1.807, 2.05) is 27.2 Å². The minimum Gasteiger partial charge on any atom is -0.387 e. The molecule has 9 heteroatoms. The summed E-state index contributed by atoms with van der Waals surface area (Å²) in [5.41, 5.74) is 0. The average molecular weight is 1110 g/mol. The van der Waals surface area contributed by atoms with Crippen molar-refractivity contribution in [1.82, 2.24) is 5.32 Å². The van der Waals surface area contributed by atoms with Crippen LogP contribution >= 0.6 is 7.82 Å². The normalized spacial score (nSPS) is 14.4. The van der Waals surface area contributed by atoms with Gasteiger partial charge >= 0.3 is 7.82 Å². The van der Waals surface area contributed by atoms with Crippen LogP contribution in [0.25, 0.3) is 0 Å². The number of likely N-dealkylation sites (N-methyl/N-ethyl adjacent to an activating group) is 1. The molecule has 78 heavy (non-hydrogen) atoms. The molecule has 0 aromatic heterocycles. The zero-order valence-corrected chi connectivity index (χ0v) is 52.5. The maximum Gasteiger partial charge on any atom is 0.472 e. The van der Waals surface area contributed by atoms with Gasteiger partial charge in [0, 0.05) is 6.42 Å². The molecule has 3 atom stereocenters. The molecule has 0 rings (SSSR count). The van der Waals surface area contributed by atoms with Crippen molar-refractivity contribution in [1.29, 1.82) is 0 Å². The Hall–Kier alpha value is -2.58. The van der Waals surface area contributed by atoms with Crippen LogP contribution < -0.4 is 5.32 Å². The number of phosphoric ester groups is 1. The lowest BCUT2D eigenvalue weighted by Crippen LogP contribution is -2.45. The average Bonchev–Trinajstić information content (AvgIpc) is 3.41. The molecule has 0 spiro atoms. The molecule has 8 nitrogen and oxygen atoms in total. The molecule has 452 valence electrons. The lowest BCUT2D eigenvalue weighted by atomic mass is 10.0. The first-order valence-electron chi connectivity index (χ1n) is 32.6. The van der Waals surface area contributed by atoms with Crippen molar-refractivity contribution < 1.29 is 32.9 Å². The summed E-state index contributed by atoms with van der Waals surface area (Å²) in [4.78, 5) is 23.4. The highest BCUT2D eigenvalue weighted by Gasteiger charge is 2.27. The number of amides is 1. The number of phosphoric acid groups is 1. The third kappa shape index (κ3) is 61.0. The van der Waals surface area contributed by atoms with E-state index in [2.05, 4.69) is 104 Å². The minimum atomic E-state index is -4.36. The van der Waals surface area contributed by atoms with Crippen molar-refractivity contribution in [3.63, 3.8) is 0 Å². The smallest absolute Gasteiger partial charge is 0.387 e. The van der Waals surface area contributed by atoms with Gasteiger partial charge in [0.15, 0.2) is 0 Å². The summed E-state index contributed by atoms with van der Waals surface area (Å²) in [6.45, 7) is 4.71. The van der Waals surface area contributed by atoms with Crippen molar-refractivity contribution in [3.8, 4) is 0 Å². The number of carbonyl (C=O) groups excluding carboxylic acids is 1. The first-order valence-corrected chi connectivity index (χ1v) is 34.1. The van der Waals surface area contributed by atoms with Crippen LogP contribution in [0.15, 0.2) is 97.2 Å². The Morgan fingerprint density at radius 2 is 0.769 bits per heavy atom. The van der Waals surface area contributed by atoms with Gasteiger partial charge in [0.1, 0.15) is 13.2 Å². The zero-order valence-electron chi connectivity index (χ0n) is 51.6. The van der Waals surface area contributed by atoms with Gasteiger partial charge in [-0.2, -0.15) is 0 Å². The number of aliphatic hydroxyl groups is 1. The van der Waals surface area contributed by atoms with E-state index in [0.717, 1.165) is 96.3 Å². The Balaban J connectivity index is 4.20. The van der Waals surface area contributed by atoms with E-state index in [1.165, 1.54) is 167 Å². The van der Waals surface area contributed by atoms with Crippen LogP contribution in [0.4, 0.5) is 0 Å². The van der Waals surface area contributed by atoms with Crippen LogP contribution in [0, 0.1) is 0 Å². The van der Waals surface area contributed by atoms with Gasteiger partial charge < -0.3 is 19.8 Å². The van der Waals surface area contributed by atoms with Crippen LogP contribution in [0.3, 0.4) is 0 Å². The SMILES string of the molecule is CC/C=C\C/C=C\C/C=C\C/C=C\C/C=C\C/C=C\C/C=C\CCCCCCCCCC(=O)NC(COP(=O)(O)OCC[N+](C)(C)C)C(O)/C=C/CCCCCCCCCCCCCCCCCCCCCCCCCCC. The van der Waals surface area contributed by atoms with Crippen LogP contribution in [-0.2, 0) is 18.4 Å². The molecule has 0 aromatic rings. The van der Waals surface area contributed by atoms with Crippen molar-refractivity contribution in [3.05, 3.63) is 97.2 Å². The molecular formula is C69H126N2O6P+. The van der Waals surface area contributed by atoms with Crippen LogP contribution in [-0.4, -0.2) is 73.4 Å². The lowest BCUT2D eigenvalue weighted by molar-refractivity contribution is -0.870. The molecule has 3 unspecified atom stereocenters. The van der Waals surface area contributed by atoms with Crippen LogP contribution in [0.1, 0.15) is 284 Å². The standard InChI is InChI=1S/C69H125N2O6P/c1-6-8-10-12-14-16-18-20-22-24-26-28-30-32-34-35-37-39-41-43-45-47-49-51-53-55-57-59-61-63-69(73)70-67(66-77-78(74,75)76-65-64-71(3,4)5)68(72)62-60-58-56-54-52-50-48-46-44-42-40-38-36-33-31-29-27-25-23-21-19-17-15-13-11-9-7-2/h8,10,14,16,20,22,26,28,32,34,37,39,43,45,60,62,67-68,72H,6-7,9,11-13,15,17-19,21,23-25,27,29-31,33,35-36,38,40-42,44,46-59,61,63-66H2,1-5H3,(H-,70,73,74,75)/p+1/b10-8-,16-14-,22-20-,28-26-,34-32-,39-37-,45-43-,62-60+. The van der Waals surface area contributed by atoms with Gasteiger partial charge in [-0.3, -0.25) is 13.8 Å². The molecule has 0 radical (unpaired) electrons. The zero-order chi connectivity index (χ0) is 57.0. The van der Waals surface area contributed by atoms with Crippen molar-refractivity contribution in [2.45, 2.75) is 296 Å². The molecule has 0 aliphatic heterocycles. The third-order valence-corrected chi connectivity index (χ3v) is 15.3. The molecular weight excluding hydrogens is 984 g/mol. The number of allylic oxidation sites excluding steroid dienone is 15. The topological polar surface area (TPSA) is 105 Å². The van der Waals surface area contributed by atoms with Gasteiger partial charge in [-0.25, -0.2) is 4.57 Å². The van der Waals surface area contributed by atoms with E-state index in [9.17, 15) is 19.4 Å². The second-order valence-electron chi connectivity index (χ2n) is 23.1. The van der Waals surface area contributed by atoms with E-state index >= 15 is 0 Å². The Morgan fingerprint density at radius 3 is 1.13 bits per heavy atom. The fourth-order valence-corrected chi connectivity index (χ4v) is 10.00. The molecule has 0 heterocycles. The van der Waals surface area contributed by atoms with Gasteiger partial charge in [-0.15, -0.1) is 0 Å². The fraction of sp³-hybridized carbons (Fsp3) is 0.754. The fourth-order valence-electron chi connectivity index (χ4n) is 9.26. The van der Waals surface area contributed by atoms with E-state index in [0.29, 0.717) is 17.4 Å². The maximum absolute atomic E-state index is 13.0. The second kappa shape index (κ2) is 59.1. The van der Waals surface area contributed by atoms with Crippen LogP contribution in [0.2, 0.25) is 0 Å². The number of hydrogen-bond acceptors (Lipinski definition) is 5. The molecule has 0 fully saturated rings. The number of quaternary nitrogens is 1. The summed E-state index contributed by atoms with van der Waals surface area (Å²) < 4.78 is 23.8. The second-order valence-corrected chi connectivity index (χ2v) is 24.6.